The Morgan fingerprint density at radius 2 is 1.71 bits per heavy atom. The molecule has 2 aromatic rings. The summed E-state index contributed by atoms with van der Waals surface area (Å²) in [7, 11) is 1.94. The van der Waals surface area contributed by atoms with Crippen LogP contribution in [-0.2, 0) is 7.05 Å². The molecule has 17 heavy (non-hydrogen) atoms. The zero-order valence-electron chi connectivity index (χ0n) is 11.1. The highest BCUT2D eigenvalue weighted by Gasteiger charge is 2.14. The van der Waals surface area contributed by atoms with Crippen LogP contribution in [0.15, 0.2) is 12.1 Å². The first-order valence-electron chi connectivity index (χ1n) is 5.79. The van der Waals surface area contributed by atoms with Gasteiger partial charge in [0.05, 0.1) is 5.69 Å². The Morgan fingerprint density at radius 3 is 2.24 bits per heavy atom. The summed E-state index contributed by atoms with van der Waals surface area (Å²) in [6.07, 6.45) is 0. The van der Waals surface area contributed by atoms with Crippen LogP contribution in [0.4, 0.5) is 5.95 Å². The van der Waals surface area contributed by atoms with Crippen molar-refractivity contribution in [1.29, 1.82) is 0 Å². The number of hydrogen-bond donors (Lipinski definition) is 1. The van der Waals surface area contributed by atoms with Crippen LogP contribution >= 0.6 is 0 Å². The Balaban J connectivity index is 2.69. The molecular formula is C14H19N3. The number of anilines is 1. The number of nitrogens with zero attached hydrogens (tertiary/aromatic N) is 2. The molecule has 90 valence electrons. The predicted octanol–water partition coefficient (Wildman–Crippen LogP) is 2.90. The average Bonchev–Trinajstić information content (AvgIpc) is 2.54. The number of benzene rings is 1. The highest BCUT2D eigenvalue weighted by molar-refractivity contribution is 5.69. The van der Waals surface area contributed by atoms with Gasteiger partial charge in [0.2, 0.25) is 5.95 Å². The van der Waals surface area contributed by atoms with E-state index in [1.807, 2.05) is 18.5 Å². The van der Waals surface area contributed by atoms with Crippen molar-refractivity contribution in [3.05, 3.63) is 34.5 Å². The molecule has 1 heterocycles. The van der Waals surface area contributed by atoms with Gasteiger partial charge in [-0.3, -0.25) is 0 Å². The summed E-state index contributed by atoms with van der Waals surface area (Å²) >= 11 is 0. The molecule has 2 N–H and O–H groups in total. The van der Waals surface area contributed by atoms with Crippen LogP contribution in [0.1, 0.15) is 22.4 Å². The minimum Gasteiger partial charge on any atom is -0.369 e. The average molecular weight is 229 g/mol. The zero-order valence-corrected chi connectivity index (χ0v) is 11.1. The second-order valence-electron chi connectivity index (χ2n) is 4.64. The fourth-order valence-corrected chi connectivity index (χ4v) is 2.07. The minimum atomic E-state index is 0.565. The van der Waals surface area contributed by atoms with Gasteiger partial charge in [-0.05, 0) is 44.4 Å². The Hall–Kier alpha value is -1.77. The lowest BCUT2D eigenvalue weighted by molar-refractivity contribution is 0.889. The Kier molecular flexibility index (Phi) is 2.69. The molecule has 3 heteroatoms. The van der Waals surface area contributed by atoms with Gasteiger partial charge in [-0.25, -0.2) is 4.98 Å². The first-order chi connectivity index (χ1) is 7.93. The van der Waals surface area contributed by atoms with Crippen LogP contribution in [0.3, 0.4) is 0 Å². The summed E-state index contributed by atoms with van der Waals surface area (Å²) in [4.78, 5) is 4.45. The molecule has 1 aromatic carbocycles. The van der Waals surface area contributed by atoms with Crippen LogP contribution in [0.2, 0.25) is 0 Å². The molecule has 2 rings (SSSR count). The van der Waals surface area contributed by atoms with Crippen molar-refractivity contribution in [2.24, 2.45) is 7.05 Å². The molecule has 0 bridgehead atoms. The normalized spacial score (nSPS) is 10.9. The summed E-state index contributed by atoms with van der Waals surface area (Å²) in [5.41, 5.74) is 13.0. The van der Waals surface area contributed by atoms with Crippen molar-refractivity contribution in [2.75, 3.05) is 5.73 Å². The smallest absolute Gasteiger partial charge is 0.200 e. The molecule has 0 fully saturated rings. The van der Waals surface area contributed by atoms with Crippen LogP contribution in [0, 0.1) is 27.7 Å². The van der Waals surface area contributed by atoms with E-state index in [9.17, 15) is 0 Å². The molecule has 0 amide bonds. The molecule has 0 spiro atoms. The molecule has 0 radical (unpaired) electrons. The molecule has 1 aromatic heterocycles. The SMILES string of the molecule is Cc1ccc(-c2nc(N)n(C)c2C)c(C)c1C. The third kappa shape index (κ3) is 1.71. The summed E-state index contributed by atoms with van der Waals surface area (Å²) in [6.45, 7) is 8.47. The van der Waals surface area contributed by atoms with E-state index in [-0.39, 0.29) is 0 Å². The molecule has 0 saturated carbocycles. The van der Waals surface area contributed by atoms with E-state index >= 15 is 0 Å². The Bertz CT molecular complexity index is 580. The van der Waals surface area contributed by atoms with Crippen molar-refractivity contribution >= 4 is 5.95 Å². The third-order valence-corrected chi connectivity index (χ3v) is 3.73. The number of hydrogen-bond acceptors (Lipinski definition) is 2. The maximum Gasteiger partial charge on any atom is 0.200 e. The maximum absolute atomic E-state index is 5.85. The van der Waals surface area contributed by atoms with Crippen molar-refractivity contribution in [2.45, 2.75) is 27.7 Å². The Morgan fingerprint density at radius 1 is 1.06 bits per heavy atom. The molecule has 0 aliphatic rings. The van der Waals surface area contributed by atoms with E-state index in [1.165, 1.54) is 22.3 Å². The number of aromatic nitrogens is 2. The minimum absolute atomic E-state index is 0.565. The number of rotatable bonds is 1. The highest BCUT2D eigenvalue weighted by atomic mass is 15.1. The lowest BCUT2D eigenvalue weighted by Gasteiger charge is -2.10. The number of nitrogens with two attached hydrogens (primary N) is 1. The van der Waals surface area contributed by atoms with Crippen LogP contribution in [-0.4, -0.2) is 9.55 Å². The zero-order chi connectivity index (χ0) is 12.7. The van der Waals surface area contributed by atoms with Crippen molar-refractivity contribution in [3.8, 4) is 11.3 Å². The van der Waals surface area contributed by atoms with Gasteiger partial charge in [-0.2, -0.15) is 0 Å². The topological polar surface area (TPSA) is 43.8 Å². The van der Waals surface area contributed by atoms with Gasteiger partial charge in [0.15, 0.2) is 0 Å². The van der Waals surface area contributed by atoms with E-state index in [0.29, 0.717) is 5.95 Å². The summed E-state index contributed by atoms with van der Waals surface area (Å²) in [5.74, 6) is 0.565. The van der Waals surface area contributed by atoms with Crippen LogP contribution in [0.25, 0.3) is 11.3 Å². The van der Waals surface area contributed by atoms with Gasteiger partial charge in [-0.1, -0.05) is 12.1 Å². The second-order valence-corrected chi connectivity index (χ2v) is 4.64. The quantitative estimate of drug-likeness (QED) is 0.817. The standard InChI is InChI=1S/C14H19N3/c1-8-6-7-12(10(3)9(8)2)13-11(4)17(5)14(15)16-13/h6-7H,1-5H3,(H2,15,16). The number of nitrogen functional groups attached to an aromatic ring is 1. The van der Waals surface area contributed by atoms with Gasteiger partial charge >= 0.3 is 0 Å². The number of aryl methyl sites for hydroxylation is 1. The molecular weight excluding hydrogens is 210 g/mol. The van der Waals surface area contributed by atoms with Crippen molar-refractivity contribution in [1.82, 2.24) is 9.55 Å². The highest BCUT2D eigenvalue weighted by Crippen LogP contribution is 2.29. The third-order valence-electron chi connectivity index (χ3n) is 3.73. The lowest BCUT2D eigenvalue weighted by Crippen LogP contribution is -1.97. The van der Waals surface area contributed by atoms with Gasteiger partial charge in [-0.15, -0.1) is 0 Å². The first-order valence-corrected chi connectivity index (χ1v) is 5.79. The predicted molar refractivity (Wildman–Crippen MR) is 72.0 cm³/mol. The molecule has 0 saturated heterocycles. The molecule has 3 nitrogen and oxygen atoms in total. The van der Waals surface area contributed by atoms with Crippen molar-refractivity contribution < 1.29 is 0 Å². The summed E-state index contributed by atoms with van der Waals surface area (Å²) in [6, 6.07) is 4.27. The van der Waals surface area contributed by atoms with Crippen LogP contribution < -0.4 is 5.73 Å². The van der Waals surface area contributed by atoms with Gasteiger partial charge in [0.25, 0.3) is 0 Å². The van der Waals surface area contributed by atoms with E-state index in [2.05, 4.69) is 37.9 Å². The lowest BCUT2D eigenvalue weighted by atomic mass is 9.96. The van der Waals surface area contributed by atoms with E-state index in [4.69, 9.17) is 5.73 Å². The molecule has 0 aliphatic heterocycles. The van der Waals surface area contributed by atoms with Crippen LogP contribution in [0.5, 0.6) is 0 Å². The Labute approximate surface area is 102 Å². The monoisotopic (exact) mass is 229 g/mol. The van der Waals surface area contributed by atoms with Crippen molar-refractivity contribution in [3.63, 3.8) is 0 Å². The molecule has 0 unspecified atom stereocenters. The van der Waals surface area contributed by atoms with Gasteiger partial charge in [0.1, 0.15) is 0 Å². The summed E-state index contributed by atoms with van der Waals surface area (Å²) in [5, 5.41) is 0. The van der Waals surface area contributed by atoms with E-state index in [0.717, 1.165) is 11.4 Å². The van der Waals surface area contributed by atoms with E-state index < -0.39 is 0 Å². The largest absolute Gasteiger partial charge is 0.369 e. The fourth-order valence-electron chi connectivity index (χ4n) is 2.07. The van der Waals surface area contributed by atoms with E-state index in [1.54, 1.807) is 0 Å². The number of imidazole rings is 1. The molecule has 0 atom stereocenters. The first kappa shape index (κ1) is 11.7. The second kappa shape index (κ2) is 3.91. The maximum atomic E-state index is 5.85. The summed E-state index contributed by atoms with van der Waals surface area (Å²) < 4.78 is 1.92. The van der Waals surface area contributed by atoms with Gasteiger partial charge in [0, 0.05) is 18.3 Å². The molecule has 0 aliphatic carbocycles. The fraction of sp³-hybridized carbons (Fsp3) is 0.357. The van der Waals surface area contributed by atoms with Gasteiger partial charge < -0.3 is 10.3 Å².